The molecular weight excluding hydrogens is 136 g/mol. The first-order chi connectivity index (χ1) is 5.33. The van der Waals surface area contributed by atoms with Crippen LogP contribution in [0.1, 0.15) is 13.3 Å². The number of rotatable bonds is 1. The Bertz CT molecular complexity index is 250. The molecule has 0 unspecified atom stereocenters. The maximum Gasteiger partial charge on any atom is 0.0999 e. The highest BCUT2D eigenvalue weighted by molar-refractivity contribution is 5.23. The predicted octanol–water partition coefficient (Wildman–Crippen LogP) is 2.58. The Balaban J connectivity index is 2.86. The number of ether oxygens (including phenoxy) is 1. The van der Waals surface area contributed by atoms with Crippen LogP contribution in [0.15, 0.2) is 41.4 Å². The maximum absolute atomic E-state index is 5.09. The first kappa shape index (κ1) is 7.90. The molecule has 58 valence electrons. The lowest BCUT2D eigenvalue weighted by molar-refractivity contribution is 0.285. The summed E-state index contributed by atoms with van der Waals surface area (Å²) in [4.78, 5) is 0. The summed E-state index contributed by atoms with van der Waals surface area (Å²) in [7, 11) is 1.69. The fourth-order valence-electron chi connectivity index (χ4n) is 0.885. The summed E-state index contributed by atoms with van der Waals surface area (Å²) in [6, 6.07) is 0. The third kappa shape index (κ3) is 2.48. The van der Waals surface area contributed by atoms with Crippen molar-refractivity contribution in [1.82, 2.24) is 0 Å². The van der Waals surface area contributed by atoms with Gasteiger partial charge in [-0.1, -0.05) is 12.2 Å². The van der Waals surface area contributed by atoms with Crippen molar-refractivity contribution in [1.29, 1.82) is 0 Å². The van der Waals surface area contributed by atoms with Gasteiger partial charge in [-0.15, -0.1) is 5.73 Å². The molecule has 0 aromatic heterocycles. The van der Waals surface area contributed by atoms with Crippen LogP contribution in [0.4, 0.5) is 0 Å². The van der Waals surface area contributed by atoms with Crippen molar-refractivity contribution in [2.45, 2.75) is 13.3 Å². The fraction of sp³-hybridized carbons (Fsp3) is 0.300. The van der Waals surface area contributed by atoms with Gasteiger partial charge in [-0.2, -0.15) is 0 Å². The third-order valence-corrected chi connectivity index (χ3v) is 1.53. The average Bonchev–Trinajstić information content (AvgIpc) is 1.96. The zero-order chi connectivity index (χ0) is 8.10. The van der Waals surface area contributed by atoms with E-state index in [1.165, 1.54) is 0 Å². The molecule has 0 atom stereocenters. The van der Waals surface area contributed by atoms with Crippen molar-refractivity contribution in [2.75, 3.05) is 7.11 Å². The van der Waals surface area contributed by atoms with Crippen molar-refractivity contribution >= 4 is 0 Å². The first-order valence-electron chi connectivity index (χ1n) is 3.66. The topological polar surface area (TPSA) is 9.23 Å². The van der Waals surface area contributed by atoms with Crippen molar-refractivity contribution < 1.29 is 4.74 Å². The molecule has 0 fully saturated rings. The zero-order valence-electron chi connectivity index (χ0n) is 6.92. The lowest BCUT2D eigenvalue weighted by atomic mass is 10.2. The Morgan fingerprint density at radius 1 is 1.55 bits per heavy atom. The number of methoxy groups -OCH3 is 1. The van der Waals surface area contributed by atoms with E-state index in [2.05, 4.69) is 11.8 Å². The molecule has 0 bridgehead atoms. The Labute approximate surface area is 67.4 Å². The lowest BCUT2D eigenvalue weighted by Crippen LogP contribution is -1.84. The molecule has 0 aromatic rings. The van der Waals surface area contributed by atoms with Gasteiger partial charge in [0.2, 0.25) is 0 Å². The summed E-state index contributed by atoms with van der Waals surface area (Å²) >= 11 is 0. The molecule has 0 spiro atoms. The van der Waals surface area contributed by atoms with Crippen LogP contribution in [0.3, 0.4) is 0 Å². The first-order valence-corrected chi connectivity index (χ1v) is 3.66. The van der Waals surface area contributed by atoms with E-state index in [9.17, 15) is 0 Å². The Morgan fingerprint density at radius 3 is 3.09 bits per heavy atom. The molecule has 0 aliphatic heterocycles. The molecule has 0 amide bonds. The van der Waals surface area contributed by atoms with Crippen molar-refractivity contribution in [2.24, 2.45) is 0 Å². The molecular formula is C10H12O. The summed E-state index contributed by atoms with van der Waals surface area (Å²) in [5.41, 5.74) is 4.25. The van der Waals surface area contributed by atoms with E-state index in [0.717, 1.165) is 17.8 Å². The van der Waals surface area contributed by atoms with Gasteiger partial charge in [-0.3, -0.25) is 0 Å². The van der Waals surface area contributed by atoms with Crippen molar-refractivity contribution in [3.63, 3.8) is 0 Å². The largest absolute Gasteiger partial charge is 0.501 e. The molecule has 0 N–H and O–H groups in total. The predicted molar refractivity (Wildman–Crippen MR) is 46.1 cm³/mol. The summed E-state index contributed by atoms with van der Waals surface area (Å²) in [5, 5.41) is 0. The van der Waals surface area contributed by atoms with Crippen molar-refractivity contribution in [3.05, 3.63) is 41.4 Å². The molecule has 0 radical (unpaired) electrons. The maximum atomic E-state index is 5.09. The van der Waals surface area contributed by atoms with Gasteiger partial charge in [0.1, 0.15) is 0 Å². The van der Waals surface area contributed by atoms with Gasteiger partial charge in [-0.25, -0.2) is 0 Å². The lowest BCUT2D eigenvalue weighted by Gasteiger charge is -2.01. The number of allylic oxidation sites excluding steroid dienone is 4. The summed E-state index contributed by atoms with van der Waals surface area (Å²) in [5.74, 6) is 0.973. The van der Waals surface area contributed by atoms with Gasteiger partial charge >= 0.3 is 0 Å². The van der Waals surface area contributed by atoms with Crippen LogP contribution >= 0.6 is 0 Å². The number of hydrogen-bond donors (Lipinski definition) is 0. The molecule has 1 heteroatoms. The Kier molecular flexibility index (Phi) is 2.76. The van der Waals surface area contributed by atoms with E-state index in [-0.39, 0.29) is 0 Å². The van der Waals surface area contributed by atoms with E-state index in [4.69, 9.17) is 4.74 Å². The molecule has 0 aromatic carbocycles. The van der Waals surface area contributed by atoms with E-state index in [1.807, 2.05) is 25.2 Å². The minimum atomic E-state index is 0.867. The average molecular weight is 148 g/mol. The van der Waals surface area contributed by atoms with E-state index in [1.54, 1.807) is 7.11 Å². The van der Waals surface area contributed by atoms with Crippen LogP contribution in [0.2, 0.25) is 0 Å². The third-order valence-electron chi connectivity index (χ3n) is 1.53. The van der Waals surface area contributed by atoms with Crippen LogP contribution in [0, 0.1) is 0 Å². The highest BCUT2D eigenvalue weighted by Gasteiger charge is 1.91. The quantitative estimate of drug-likeness (QED) is 0.519. The Hall–Kier alpha value is -1.20. The standard InChI is InChI=1S/C10H12O/c1-9-5-3-7-10(11-2)8-4-6-9/h3-5,8H,7H2,1-2H3/b5-3-,10-8+. The second-order valence-electron chi connectivity index (χ2n) is 2.44. The minimum absolute atomic E-state index is 0.867. The SMILES string of the molecule is CO/C1=C/C=C=C(C)/C=C\C1. The van der Waals surface area contributed by atoms with E-state index >= 15 is 0 Å². The molecule has 1 nitrogen and oxygen atoms in total. The normalized spacial score (nSPS) is 24.2. The fourth-order valence-corrected chi connectivity index (χ4v) is 0.885. The van der Waals surface area contributed by atoms with Gasteiger partial charge in [0, 0.05) is 6.42 Å². The molecule has 11 heavy (non-hydrogen) atoms. The van der Waals surface area contributed by atoms with Gasteiger partial charge in [0.25, 0.3) is 0 Å². The number of hydrogen-bond acceptors (Lipinski definition) is 1. The second kappa shape index (κ2) is 3.85. The molecule has 0 saturated carbocycles. The highest BCUT2D eigenvalue weighted by atomic mass is 16.5. The summed E-state index contributed by atoms with van der Waals surface area (Å²) in [6.45, 7) is 2.03. The van der Waals surface area contributed by atoms with E-state index < -0.39 is 0 Å². The van der Waals surface area contributed by atoms with Gasteiger partial charge in [-0.05, 0) is 24.6 Å². The summed E-state index contributed by atoms with van der Waals surface area (Å²) < 4.78 is 5.09. The Morgan fingerprint density at radius 2 is 2.36 bits per heavy atom. The molecule has 0 heterocycles. The van der Waals surface area contributed by atoms with Crippen molar-refractivity contribution in [3.8, 4) is 0 Å². The van der Waals surface area contributed by atoms with Crippen LogP contribution in [0.5, 0.6) is 0 Å². The van der Waals surface area contributed by atoms with Crippen LogP contribution in [0.25, 0.3) is 0 Å². The molecule has 0 saturated heterocycles. The van der Waals surface area contributed by atoms with Crippen LogP contribution < -0.4 is 0 Å². The zero-order valence-corrected chi connectivity index (χ0v) is 6.92. The van der Waals surface area contributed by atoms with Crippen LogP contribution in [-0.4, -0.2) is 7.11 Å². The molecule has 1 aliphatic rings. The summed E-state index contributed by atoms with van der Waals surface area (Å²) in [6.07, 6.45) is 8.81. The van der Waals surface area contributed by atoms with Gasteiger partial charge in [0.05, 0.1) is 12.9 Å². The molecule has 1 rings (SSSR count). The van der Waals surface area contributed by atoms with Gasteiger partial charge < -0.3 is 4.74 Å². The molecule has 1 aliphatic carbocycles. The van der Waals surface area contributed by atoms with Gasteiger partial charge in [0.15, 0.2) is 0 Å². The van der Waals surface area contributed by atoms with Crippen LogP contribution in [-0.2, 0) is 4.74 Å². The monoisotopic (exact) mass is 148 g/mol. The van der Waals surface area contributed by atoms with E-state index in [0.29, 0.717) is 0 Å². The minimum Gasteiger partial charge on any atom is -0.501 e. The second-order valence-corrected chi connectivity index (χ2v) is 2.44. The smallest absolute Gasteiger partial charge is 0.0999 e. The highest BCUT2D eigenvalue weighted by Crippen LogP contribution is 2.07.